The van der Waals surface area contributed by atoms with Gasteiger partial charge in [-0.1, -0.05) is 28.8 Å². The van der Waals surface area contributed by atoms with Gasteiger partial charge in [0.05, 0.1) is 16.7 Å². The molecule has 0 fully saturated rings. The fourth-order valence-corrected chi connectivity index (χ4v) is 4.31. The lowest BCUT2D eigenvalue weighted by atomic mass is 9.95. The second-order valence-corrected chi connectivity index (χ2v) is 8.49. The number of Topliss-reactive ketones (excluding diaryl/α,β-unsaturated/α-hetero) is 1. The predicted molar refractivity (Wildman–Crippen MR) is 98.1 cm³/mol. The molecule has 0 N–H and O–H groups in total. The monoisotopic (exact) mass is 449 g/mol. The Morgan fingerprint density at radius 3 is 1.60 bits per heavy atom. The second kappa shape index (κ2) is 8.30. The van der Waals surface area contributed by atoms with E-state index in [1.807, 2.05) is 0 Å². The molecule has 0 aliphatic heterocycles. The molecule has 2 rings (SSSR count). The lowest BCUT2D eigenvalue weighted by Gasteiger charge is -2.17. The highest BCUT2D eigenvalue weighted by atomic mass is 31.1. The molecular formula is C20H16F6O3P+. The summed E-state index contributed by atoms with van der Waals surface area (Å²) in [7, 11) is -3.14. The molecular weight excluding hydrogens is 433 g/mol. The molecule has 0 aliphatic carbocycles. The molecule has 0 radical (unpaired) electrons. The molecule has 2 atom stereocenters. The van der Waals surface area contributed by atoms with Gasteiger partial charge >= 0.3 is 25.7 Å². The van der Waals surface area contributed by atoms with Crippen LogP contribution in [-0.2, 0) is 16.9 Å². The minimum Gasteiger partial charge on any atom is -0.289 e. The van der Waals surface area contributed by atoms with E-state index in [0.717, 1.165) is 6.92 Å². The van der Waals surface area contributed by atoms with Crippen molar-refractivity contribution in [3.05, 3.63) is 69.8 Å². The number of hydrogen-bond acceptors (Lipinski definition) is 3. The lowest BCUT2D eigenvalue weighted by molar-refractivity contribution is -0.143. The first kappa shape index (κ1) is 23.7. The molecule has 160 valence electrons. The lowest BCUT2D eigenvalue weighted by Crippen LogP contribution is -2.25. The zero-order valence-corrected chi connectivity index (χ0v) is 16.9. The van der Waals surface area contributed by atoms with E-state index in [4.69, 9.17) is 0 Å². The van der Waals surface area contributed by atoms with Crippen molar-refractivity contribution in [2.75, 3.05) is 0 Å². The van der Waals surface area contributed by atoms with Gasteiger partial charge in [0.25, 0.3) is 0 Å². The van der Waals surface area contributed by atoms with Gasteiger partial charge in [0.15, 0.2) is 0 Å². The van der Waals surface area contributed by atoms with Crippen LogP contribution in [0.25, 0.3) is 0 Å². The fourth-order valence-electron chi connectivity index (χ4n) is 3.04. The predicted octanol–water partition coefficient (Wildman–Crippen LogP) is 6.58. The number of halogens is 6. The molecule has 0 saturated heterocycles. The summed E-state index contributed by atoms with van der Waals surface area (Å²) in [5, 5.41) is 0. The van der Waals surface area contributed by atoms with Gasteiger partial charge in [-0.15, -0.1) is 0 Å². The maximum atomic E-state index is 13.3. The minimum absolute atomic E-state index is 0.0263. The van der Waals surface area contributed by atoms with E-state index in [1.165, 1.54) is 26.0 Å². The quantitative estimate of drug-likeness (QED) is 0.294. The number of alkyl halides is 6. The third kappa shape index (κ3) is 4.61. The Morgan fingerprint density at radius 2 is 1.20 bits per heavy atom. The van der Waals surface area contributed by atoms with E-state index in [0.29, 0.717) is 29.3 Å². The third-order valence-electron chi connectivity index (χ3n) is 4.55. The zero-order chi connectivity index (χ0) is 23.0. The molecule has 0 heterocycles. The molecule has 2 unspecified atom stereocenters. The van der Waals surface area contributed by atoms with Crippen LogP contribution in [0.2, 0.25) is 0 Å². The van der Waals surface area contributed by atoms with Gasteiger partial charge < -0.3 is 0 Å². The molecule has 30 heavy (non-hydrogen) atoms. The summed E-state index contributed by atoms with van der Waals surface area (Å²) in [6.07, 6.45) is -10.5. The number of carbonyl (C=O) groups is 2. The average molecular weight is 449 g/mol. The zero-order valence-electron chi connectivity index (χ0n) is 16.0. The van der Waals surface area contributed by atoms with Crippen LogP contribution in [0.1, 0.15) is 49.9 Å². The first-order chi connectivity index (χ1) is 13.7. The molecule has 0 saturated carbocycles. The van der Waals surface area contributed by atoms with Crippen LogP contribution >= 0.6 is 7.80 Å². The van der Waals surface area contributed by atoms with E-state index in [2.05, 4.69) is 0 Å². The number of aryl methyl sites for hydroxylation is 2. The SMILES string of the molecule is Cc1cccc(C)c1C(=O)[P+](=O)C(C)C(=O)c1c(C(F)(F)F)cccc1C(F)(F)F. The molecule has 0 amide bonds. The Kier molecular flexibility index (Phi) is 6.57. The summed E-state index contributed by atoms with van der Waals surface area (Å²) in [6.45, 7) is 3.97. The largest absolute Gasteiger partial charge is 0.431 e. The molecule has 10 heteroatoms. The molecule has 2 aromatic rings. The van der Waals surface area contributed by atoms with Gasteiger partial charge in [-0.3, -0.25) is 4.79 Å². The van der Waals surface area contributed by atoms with Crippen molar-refractivity contribution in [1.29, 1.82) is 0 Å². The summed E-state index contributed by atoms with van der Waals surface area (Å²) >= 11 is 0. The molecule has 0 spiro atoms. The number of hydrogen-bond donors (Lipinski definition) is 0. The maximum absolute atomic E-state index is 13.3. The van der Waals surface area contributed by atoms with E-state index in [-0.39, 0.29) is 5.56 Å². The van der Waals surface area contributed by atoms with Crippen molar-refractivity contribution in [2.45, 2.75) is 38.8 Å². The standard InChI is InChI=1S/C20H16F6O3P/c1-10-6-4-7-11(2)15(10)18(28)30(29)12(3)17(27)16-13(19(21,22)23)8-5-9-14(16)20(24,25)26/h4-9,12H,1-3H3/q+1. The normalized spacial score (nSPS) is 13.7. The molecule has 0 aliphatic rings. The van der Waals surface area contributed by atoms with Crippen LogP contribution in [0.15, 0.2) is 36.4 Å². The van der Waals surface area contributed by atoms with Crippen LogP contribution in [0, 0.1) is 13.8 Å². The summed E-state index contributed by atoms with van der Waals surface area (Å²) in [6, 6.07) is 5.92. The van der Waals surface area contributed by atoms with Crippen molar-refractivity contribution in [3.63, 3.8) is 0 Å². The van der Waals surface area contributed by atoms with Crippen molar-refractivity contribution in [1.82, 2.24) is 0 Å². The topological polar surface area (TPSA) is 51.2 Å². The van der Waals surface area contributed by atoms with Gasteiger partial charge in [-0.05, 0) is 44.0 Å². The highest BCUT2D eigenvalue weighted by Gasteiger charge is 2.49. The summed E-state index contributed by atoms with van der Waals surface area (Å²) in [5.74, 6) is -1.66. The Morgan fingerprint density at radius 1 is 0.800 bits per heavy atom. The highest BCUT2D eigenvalue weighted by molar-refractivity contribution is 7.66. The van der Waals surface area contributed by atoms with E-state index in [1.54, 1.807) is 6.07 Å². The third-order valence-corrected chi connectivity index (χ3v) is 6.11. The van der Waals surface area contributed by atoms with E-state index in [9.17, 15) is 40.5 Å². The Labute approximate surface area is 168 Å². The summed E-state index contributed by atoms with van der Waals surface area (Å²) in [5.41, 5.74) is -7.24. The van der Waals surface area contributed by atoms with Crippen molar-refractivity contribution in [2.24, 2.45) is 0 Å². The van der Waals surface area contributed by atoms with Crippen LogP contribution in [-0.4, -0.2) is 17.0 Å². The van der Waals surface area contributed by atoms with Gasteiger partial charge in [-0.2, -0.15) is 26.3 Å². The number of carbonyl (C=O) groups excluding carboxylic acids is 2. The van der Waals surface area contributed by atoms with E-state index >= 15 is 0 Å². The Balaban J connectivity index is 2.57. The van der Waals surface area contributed by atoms with E-state index < -0.39 is 53.8 Å². The van der Waals surface area contributed by atoms with Gasteiger partial charge in [0.2, 0.25) is 11.4 Å². The molecule has 2 aromatic carbocycles. The van der Waals surface area contributed by atoms with Crippen molar-refractivity contribution >= 4 is 19.1 Å². The van der Waals surface area contributed by atoms with Crippen LogP contribution in [0.4, 0.5) is 26.3 Å². The highest BCUT2D eigenvalue weighted by Crippen LogP contribution is 2.43. The van der Waals surface area contributed by atoms with Crippen molar-refractivity contribution in [3.8, 4) is 0 Å². The Hall–Kier alpha value is -2.54. The number of ketones is 1. The first-order valence-electron chi connectivity index (χ1n) is 8.56. The van der Waals surface area contributed by atoms with Gasteiger partial charge in [0, 0.05) is 5.56 Å². The number of benzene rings is 2. The van der Waals surface area contributed by atoms with Crippen LogP contribution in [0.5, 0.6) is 0 Å². The first-order valence-corrected chi connectivity index (χ1v) is 9.89. The smallest absolute Gasteiger partial charge is 0.289 e. The fraction of sp³-hybridized carbons (Fsp3) is 0.300. The van der Waals surface area contributed by atoms with Crippen LogP contribution in [0.3, 0.4) is 0 Å². The maximum Gasteiger partial charge on any atom is 0.431 e. The average Bonchev–Trinajstić information content (AvgIpc) is 2.63. The van der Waals surface area contributed by atoms with Gasteiger partial charge in [0.1, 0.15) is 0 Å². The van der Waals surface area contributed by atoms with Crippen LogP contribution < -0.4 is 0 Å². The minimum atomic E-state index is -5.26. The van der Waals surface area contributed by atoms with Crippen molar-refractivity contribution < 1.29 is 40.5 Å². The molecule has 0 bridgehead atoms. The summed E-state index contributed by atoms with van der Waals surface area (Å²) < 4.78 is 92.6. The second-order valence-electron chi connectivity index (χ2n) is 6.66. The summed E-state index contributed by atoms with van der Waals surface area (Å²) in [4.78, 5) is 25.3. The van der Waals surface area contributed by atoms with Gasteiger partial charge in [-0.25, -0.2) is 4.79 Å². The molecule has 0 aromatic heterocycles. The number of rotatable bonds is 5. The molecule has 3 nitrogen and oxygen atoms in total. The Bertz CT molecular complexity index is 972.